The van der Waals surface area contributed by atoms with E-state index in [0.29, 0.717) is 5.69 Å². The smallest absolute Gasteiger partial charge is 0.335 e. The molecule has 0 heterocycles. The number of aromatic carboxylic acids is 1. The Bertz CT molecular complexity index is 481. The van der Waals surface area contributed by atoms with Gasteiger partial charge in [-0.2, -0.15) is 0 Å². The summed E-state index contributed by atoms with van der Waals surface area (Å²) in [5, 5.41) is 11.6. The van der Waals surface area contributed by atoms with Crippen LogP contribution in [0.25, 0.3) is 0 Å². The van der Waals surface area contributed by atoms with E-state index < -0.39 is 11.4 Å². The fourth-order valence-electron chi connectivity index (χ4n) is 1.27. The minimum atomic E-state index is -1.02. The summed E-state index contributed by atoms with van der Waals surface area (Å²) in [6, 6.07) is 4.61. The molecular formula is C13H18N2O3. The molecule has 0 saturated heterocycles. The van der Waals surface area contributed by atoms with E-state index in [1.54, 1.807) is 26.8 Å². The van der Waals surface area contributed by atoms with Crippen molar-refractivity contribution < 1.29 is 14.7 Å². The second-order valence-corrected chi connectivity index (χ2v) is 4.88. The van der Waals surface area contributed by atoms with E-state index in [-0.39, 0.29) is 18.0 Å². The molecular weight excluding hydrogens is 232 g/mol. The summed E-state index contributed by atoms with van der Waals surface area (Å²) < 4.78 is 0. The SMILES string of the molecule is Cc1ccc(C(=O)O)cc1NC(=O)C(C)(C)CN. The van der Waals surface area contributed by atoms with Gasteiger partial charge in [0.1, 0.15) is 0 Å². The lowest BCUT2D eigenvalue weighted by Gasteiger charge is -2.22. The highest BCUT2D eigenvalue weighted by Gasteiger charge is 2.26. The van der Waals surface area contributed by atoms with Crippen molar-refractivity contribution in [1.29, 1.82) is 0 Å². The van der Waals surface area contributed by atoms with Gasteiger partial charge in [0.25, 0.3) is 0 Å². The van der Waals surface area contributed by atoms with Gasteiger partial charge in [-0.1, -0.05) is 6.07 Å². The molecule has 5 heteroatoms. The zero-order chi connectivity index (χ0) is 13.9. The topological polar surface area (TPSA) is 92.4 Å². The van der Waals surface area contributed by atoms with E-state index in [4.69, 9.17) is 10.8 Å². The second kappa shape index (κ2) is 5.18. The summed E-state index contributed by atoms with van der Waals surface area (Å²) in [4.78, 5) is 22.8. The first-order valence-electron chi connectivity index (χ1n) is 5.63. The number of amides is 1. The maximum atomic E-state index is 12.0. The van der Waals surface area contributed by atoms with Gasteiger partial charge in [0.15, 0.2) is 0 Å². The van der Waals surface area contributed by atoms with Crippen molar-refractivity contribution in [2.75, 3.05) is 11.9 Å². The van der Waals surface area contributed by atoms with E-state index in [9.17, 15) is 9.59 Å². The molecule has 0 fully saturated rings. The van der Waals surface area contributed by atoms with Crippen LogP contribution in [0, 0.1) is 12.3 Å². The fraction of sp³-hybridized carbons (Fsp3) is 0.385. The minimum absolute atomic E-state index is 0.140. The molecule has 5 nitrogen and oxygen atoms in total. The number of carboxylic acids is 1. The van der Waals surface area contributed by atoms with Crippen LogP contribution in [0.1, 0.15) is 29.8 Å². The van der Waals surface area contributed by atoms with Crippen LogP contribution in [-0.2, 0) is 4.79 Å². The molecule has 1 aromatic carbocycles. The quantitative estimate of drug-likeness (QED) is 0.757. The number of carbonyl (C=O) groups is 2. The third-order valence-electron chi connectivity index (χ3n) is 2.86. The molecule has 4 N–H and O–H groups in total. The molecule has 1 rings (SSSR count). The van der Waals surface area contributed by atoms with Crippen LogP contribution in [0.2, 0.25) is 0 Å². The van der Waals surface area contributed by atoms with Crippen molar-refractivity contribution >= 4 is 17.6 Å². The molecule has 98 valence electrons. The summed E-state index contributed by atoms with van der Waals surface area (Å²) in [6.07, 6.45) is 0. The van der Waals surface area contributed by atoms with Gasteiger partial charge in [-0.25, -0.2) is 4.79 Å². The first kappa shape index (κ1) is 14.2. The predicted octanol–water partition coefficient (Wildman–Crippen LogP) is 1.62. The Labute approximate surface area is 106 Å². The fourth-order valence-corrected chi connectivity index (χ4v) is 1.27. The van der Waals surface area contributed by atoms with Gasteiger partial charge >= 0.3 is 5.97 Å². The number of carbonyl (C=O) groups excluding carboxylic acids is 1. The van der Waals surface area contributed by atoms with Crippen molar-refractivity contribution in [2.45, 2.75) is 20.8 Å². The number of benzene rings is 1. The number of hydrogen-bond acceptors (Lipinski definition) is 3. The molecule has 1 aromatic rings. The minimum Gasteiger partial charge on any atom is -0.478 e. The first-order chi connectivity index (χ1) is 8.27. The molecule has 0 unspecified atom stereocenters. The van der Waals surface area contributed by atoms with Crippen LogP contribution in [0.3, 0.4) is 0 Å². The summed E-state index contributed by atoms with van der Waals surface area (Å²) in [6.45, 7) is 5.49. The number of carboxylic acid groups (broad SMARTS) is 1. The van der Waals surface area contributed by atoms with E-state index in [1.165, 1.54) is 12.1 Å². The lowest BCUT2D eigenvalue weighted by atomic mass is 9.92. The third-order valence-corrected chi connectivity index (χ3v) is 2.86. The Morgan fingerprint density at radius 2 is 2.00 bits per heavy atom. The molecule has 0 aromatic heterocycles. The summed E-state index contributed by atoms with van der Waals surface area (Å²) >= 11 is 0. The van der Waals surface area contributed by atoms with Gasteiger partial charge in [0.05, 0.1) is 11.0 Å². The highest BCUT2D eigenvalue weighted by molar-refractivity contribution is 5.97. The van der Waals surface area contributed by atoms with Gasteiger partial charge in [-0.3, -0.25) is 4.79 Å². The monoisotopic (exact) mass is 250 g/mol. The van der Waals surface area contributed by atoms with Crippen molar-refractivity contribution in [3.63, 3.8) is 0 Å². The molecule has 18 heavy (non-hydrogen) atoms. The Hall–Kier alpha value is -1.88. The zero-order valence-corrected chi connectivity index (χ0v) is 10.8. The highest BCUT2D eigenvalue weighted by atomic mass is 16.4. The molecule has 0 atom stereocenters. The van der Waals surface area contributed by atoms with E-state index in [0.717, 1.165) is 5.56 Å². The Balaban J connectivity index is 3.01. The van der Waals surface area contributed by atoms with E-state index in [1.807, 2.05) is 0 Å². The van der Waals surface area contributed by atoms with E-state index >= 15 is 0 Å². The third kappa shape index (κ3) is 3.07. The van der Waals surface area contributed by atoms with Crippen LogP contribution in [0.15, 0.2) is 18.2 Å². The number of aryl methyl sites for hydroxylation is 1. The van der Waals surface area contributed by atoms with Crippen LogP contribution < -0.4 is 11.1 Å². The zero-order valence-electron chi connectivity index (χ0n) is 10.8. The largest absolute Gasteiger partial charge is 0.478 e. The van der Waals surface area contributed by atoms with E-state index in [2.05, 4.69) is 5.32 Å². The second-order valence-electron chi connectivity index (χ2n) is 4.88. The van der Waals surface area contributed by atoms with Crippen LogP contribution in [-0.4, -0.2) is 23.5 Å². The van der Waals surface area contributed by atoms with Gasteiger partial charge < -0.3 is 16.2 Å². The molecule has 1 amide bonds. The maximum absolute atomic E-state index is 12.0. The Kier molecular flexibility index (Phi) is 4.08. The Morgan fingerprint density at radius 1 is 1.39 bits per heavy atom. The molecule has 0 radical (unpaired) electrons. The molecule has 0 aliphatic rings. The van der Waals surface area contributed by atoms with Gasteiger partial charge in [-0.05, 0) is 38.5 Å². The van der Waals surface area contributed by atoms with Gasteiger partial charge in [-0.15, -0.1) is 0 Å². The number of anilines is 1. The van der Waals surface area contributed by atoms with Gasteiger partial charge in [0.2, 0.25) is 5.91 Å². The number of nitrogens with one attached hydrogen (secondary N) is 1. The first-order valence-corrected chi connectivity index (χ1v) is 5.63. The number of nitrogens with two attached hydrogens (primary N) is 1. The average Bonchev–Trinajstić information content (AvgIpc) is 2.31. The lowest BCUT2D eigenvalue weighted by molar-refractivity contribution is -0.123. The number of rotatable bonds is 4. The molecule has 0 saturated carbocycles. The number of hydrogen-bond donors (Lipinski definition) is 3. The molecule has 0 bridgehead atoms. The summed E-state index contributed by atoms with van der Waals surface area (Å²) in [7, 11) is 0. The van der Waals surface area contributed by atoms with Crippen molar-refractivity contribution in [1.82, 2.24) is 0 Å². The highest BCUT2D eigenvalue weighted by Crippen LogP contribution is 2.21. The molecule has 0 aliphatic heterocycles. The summed E-state index contributed by atoms with van der Waals surface area (Å²) in [5.41, 5.74) is 6.28. The maximum Gasteiger partial charge on any atom is 0.335 e. The van der Waals surface area contributed by atoms with Gasteiger partial charge in [0, 0.05) is 12.2 Å². The van der Waals surface area contributed by atoms with Crippen LogP contribution in [0.4, 0.5) is 5.69 Å². The molecule has 0 spiro atoms. The van der Waals surface area contributed by atoms with Crippen LogP contribution in [0.5, 0.6) is 0 Å². The molecule has 0 aliphatic carbocycles. The Morgan fingerprint density at radius 3 is 2.50 bits per heavy atom. The average molecular weight is 250 g/mol. The van der Waals surface area contributed by atoms with Crippen LogP contribution >= 0.6 is 0 Å². The predicted molar refractivity (Wildman–Crippen MR) is 69.6 cm³/mol. The van der Waals surface area contributed by atoms with Crippen molar-refractivity contribution in [3.8, 4) is 0 Å². The van der Waals surface area contributed by atoms with Crippen molar-refractivity contribution in [3.05, 3.63) is 29.3 Å². The summed E-state index contributed by atoms with van der Waals surface area (Å²) in [5.74, 6) is -1.25. The standard InChI is InChI=1S/C13H18N2O3/c1-8-4-5-9(11(16)17)6-10(8)15-12(18)13(2,3)7-14/h4-6H,7,14H2,1-3H3,(H,15,18)(H,16,17). The normalized spacial score (nSPS) is 11.1. The lowest BCUT2D eigenvalue weighted by Crippen LogP contribution is -2.37. The van der Waals surface area contributed by atoms with Crippen molar-refractivity contribution in [2.24, 2.45) is 11.1 Å².